The molecule has 4 aromatic rings. The van der Waals surface area contributed by atoms with Crippen molar-refractivity contribution < 1.29 is 23.1 Å². The molecule has 0 spiro atoms. The van der Waals surface area contributed by atoms with E-state index in [0.717, 1.165) is 55.3 Å². The van der Waals surface area contributed by atoms with Gasteiger partial charge in [-0.25, -0.2) is 14.2 Å². The summed E-state index contributed by atoms with van der Waals surface area (Å²) in [5, 5.41) is 3.60. The standard InChI is InChI=1S/C30H26FN3O4/c1-37-30(36)18-9-11-22(12-10-18)33-29-25(28(35)32-23-7-2-6-21(31)17-23)16-20-15-19-5-3-13-34-14-4-8-24(26(19)34)27(20)38-29/h2,6-7,9-12,15-17H,3-5,8,13-14H2,1H3,(H,32,35). The summed E-state index contributed by atoms with van der Waals surface area (Å²) in [6.07, 6.45) is 4.00. The van der Waals surface area contributed by atoms with Crippen molar-refractivity contribution in [3.05, 3.63) is 94.3 Å². The molecule has 2 aliphatic rings. The summed E-state index contributed by atoms with van der Waals surface area (Å²) in [7, 11) is 1.32. The molecule has 6 rings (SSSR count). The van der Waals surface area contributed by atoms with Crippen molar-refractivity contribution in [2.75, 3.05) is 30.4 Å². The van der Waals surface area contributed by atoms with Gasteiger partial charge < -0.3 is 19.4 Å². The van der Waals surface area contributed by atoms with Gasteiger partial charge >= 0.3 is 5.97 Å². The van der Waals surface area contributed by atoms with Crippen LogP contribution in [-0.4, -0.2) is 32.1 Å². The summed E-state index contributed by atoms with van der Waals surface area (Å²) in [4.78, 5) is 32.4. The number of nitrogens with one attached hydrogen (secondary N) is 1. The predicted octanol–water partition coefficient (Wildman–Crippen LogP) is 5.54. The summed E-state index contributed by atoms with van der Waals surface area (Å²) in [6, 6.07) is 16.2. The van der Waals surface area contributed by atoms with Gasteiger partial charge in [-0.3, -0.25) is 4.79 Å². The number of anilines is 2. The highest BCUT2D eigenvalue weighted by Crippen LogP contribution is 2.39. The molecule has 3 aromatic carbocycles. The molecule has 1 N–H and O–H groups in total. The molecule has 0 unspecified atom stereocenters. The molecule has 0 bridgehead atoms. The van der Waals surface area contributed by atoms with E-state index in [1.165, 1.54) is 36.6 Å². The topological polar surface area (TPSA) is 84.1 Å². The number of benzene rings is 3. The van der Waals surface area contributed by atoms with E-state index < -0.39 is 17.7 Å². The summed E-state index contributed by atoms with van der Waals surface area (Å²) in [5.41, 5.74) is 6.00. The molecular weight excluding hydrogens is 485 g/mol. The van der Waals surface area contributed by atoms with Crippen molar-refractivity contribution >= 4 is 39.9 Å². The molecule has 0 radical (unpaired) electrons. The number of hydrogen-bond donors (Lipinski definition) is 1. The maximum atomic E-state index is 13.8. The molecule has 0 atom stereocenters. The maximum absolute atomic E-state index is 13.8. The third kappa shape index (κ3) is 4.42. The van der Waals surface area contributed by atoms with Crippen LogP contribution in [0.25, 0.3) is 11.0 Å². The number of fused-ring (bicyclic) bond motifs is 2. The van der Waals surface area contributed by atoms with Crippen LogP contribution in [0.4, 0.5) is 21.5 Å². The number of carbonyl (C=O) groups is 2. The fraction of sp³-hybridized carbons (Fsp3) is 0.233. The first-order valence-electron chi connectivity index (χ1n) is 12.7. The molecule has 8 heteroatoms. The average molecular weight is 512 g/mol. The number of carbonyl (C=O) groups excluding carboxylic acids is 2. The lowest BCUT2D eigenvalue weighted by molar-refractivity contribution is 0.0600. The van der Waals surface area contributed by atoms with E-state index >= 15 is 0 Å². The van der Waals surface area contributed by atoms with Crippen LogP contribution in [-0.2, 0) is 17.6 Å². The molecule has 2 aliphatic heterocycles. The number of amides is 1. The molecule has 3 heterocycles. The van der Waals surface area contributed by atoms with Gasteiger partial charge in [0, 0.05) is 35.4 Å². The molecular formula is C30H26FN3O4. The van der Waals surface area contributed by atoms with E-state index in [4.69, 9.17) is 9.15 Å². The van der Waals surface area contributed by atoms with E-state index in [9.17, 15) is 14.0 Å². The first kappa shape index (κ1) is 23.9. The van der Waals surface area contributed by atoms with Gasteiger partial charge in [0.1, 0.15) is 17.0 Å². The van der Waals surface area contributed by atoms with Gasteiger partial charge in [0.05, 0.1) is 18.4 Å². The summed E-state index contributed by atoms with van der Waals surface area (Å²) >= 11 is 0. The zero-order chi connectivity index (χ0) is 26.2. The molecule has 38 heavy (non-hydrogen) atoms. The van der Waals surface area contributed by atoms with Crippen LogP contribution in [0.15, 0.2) is 70.1 Å². The van der Waals surface area contributed by atoms with Crippen molar-refractivity contribution in [2.45, 2.75) is 25.7 Å². The first-order valence-corrected chi connectivity index (χ1v) is 12.7. The fourth-order valence-electron chi connectivity index (χ4n) is 5.37. The number of halogens is 1. The fourth-order valence-corrected chi connectivity index (χ4v) is 5.37. The van der Waals surface area contributed by atoms with Gasteiger partial charge in [0.2, 0.25) is 5.55 Å². The lowest BCUT2D eigenvalue weighted by Gasteiger charge is -2.37. The number of rotatable bonds is 4. The minimum Gasteiger partial charge on any atom is -0.465 e. The van der Waals surface area contributed by atoms with Crippen molar-refractivity contribution in [3.8, 4) is 0 Å². The number of aryl methyl sites for hydroxylation is 2. The van der Waals surface area contributed by atoms with Crippen LogP contribution < -0.4 is 15.8 Å². The SMILES string of the molecule is COC(=O)c1ccc(N=c2oc3c4c5c(cc3cc2C(=O)Nc2cccc(F)c2)CCCN5CCC4)cc1. The number of methoxy groups -OCH3 is 1. The Morgan fingerprint density at radius 1 is 1.03 bits per heavy atom. The highest BCUT2D eigenvalue weighted by Gasteiger charge is 2.27. The van der Waals surface area contributed by atoms with Crippen LogP contribution in [0.3, 0.4) is 0 Å². The first-order chi connectivity index (χ1) is 18.5. The number of nitrogens with zero attached hydrogens (tertiary/aromatic N) is 2. The zero-order valence-electron chi connectivity index (χ0n) is 20.9. The van der Waals surface area contributed by atoms with Crippen LogP contribution in [0, 0.1) is 5.82 Å². The highest BCUT2D eigenvalue weighted by atomic mass is 19.1. The second-order valence-corrected chi connectivity index (χ2v) is 9.56. The minimum atomic E-state index is -0.459. The van der Waals surface area contributed by atoms with Crippen molar-refractivity contribution in [2.24, 2.45) is 4.99 Å². The van der Waals surface area contributed by atoms with Crippen LogP contribution in [0.5, 0.6) is 0 Å². The third-order valence-corrected chi connectivity index (χ3v) is 7.08. The van der Waals surface area contributed by atoms with Gasteiger partial charge in [0.25, 0.3) is 5.91 Å². The second-order valence-electron chi connectivity index (χ2n) is 9.56. The molecule has 0 saturated heterocycles. The molecule has 0 aliphatic carbocycles. The number of esters is 1. The molecule has 0 fully saturated rings. The zero-order valence-corrected chi connectivity index (χ0v) is 20.9. The molecule has 1 aromatic heterocycles. The Labute approximate surface area is 218 Å². The number of hydrogen-bond acceptors (Lipinski definition) is 6. The smallest absolute Gasteiger partial charge is 0.337 e. The molecule has 0 saturated carbocycles. The maximum Gasteiger partial charge on any atom is 0.337 e. The van der Waals surface area contributed by atoms with Gasteiger partial charge in [-0.1, -0.05) is 6.07 Å². The van der Waals surface area contributed by atoms with Crippen LogP contribution in [0.2, 0.25) is 0 Å². The average Bonchev–Trinajstić information content (AvgIpc) is 2.93. The minimum absolute atomic E-state index is 0.140. The predicted molar refractivity (Wildman–Crippen MR) is 142 cm³/mol. The van der Waals surface area contributed by atoms with E-state index in [1.54, 1.807) is 36.4 Å². The second kappa shape index (κ2) is 9.78. The van der Waals surface area contributed by atoms with Gasteiger partial charge in [-0.05, 0) is 85.8 Å². The van der Waals surface area contributed by atoms with E-state index in [-0.39, 0.29) is 11.1 Å². The lowest BCUT2D eigenvalue weighted by Crippen LogP contribution is -2.34. The van der Waals surface area contributed by atoms with Gasteiger partial charge in [-0.15, -0.1) is 0 Å². The van der Waals surface area contributed by atoms with Crippen molar-refractivity contribution in [3.63, 3.8) is 0 Å². The molecule has 7 nitrogen and oxygen atoms in total. The highest BCUT2D eigenvalue weighted by molar-refractivity contribution is 6.06. The quantitative estimate of drug-likeness (QED) is 0.364. The number of ether oxygens (including phenoxy) is 1. The molecule has 1 amide bonds. The molecule has 192 valence electrons. The largest absolute Gasteiger partial charge is 0.465 e. The Kier molecular flexibility index (Phi) is 6.15. The Morgan fingerprint density at radius 2 is 1.82 bits per heavy atom. The van der Waals surface area contributed by atoms with E-state index in [1.807, 2.05) is 0 Å². The monoisotopic (exact) mass is 511 g/mol. The Hall–Kier alpha value is -4.46. The summed E-state index contributed by atoms with van der Waals surface area (Å²) < 4.78 is 25.0. The lowest BCUT2D eigenvalue weighted by atomic mass is 9.90. The normalized spacial score (nSPS) is 14.8. The Balaban J connectivity index is 1.52. The van der Waals surface area contributed by atoms with Crippen molar-refractivity contribution in [1.29, 1.82) is 0 Å². The Bertz CT molecular complexity index is 1640. The Morgan fingerprint density at radius 3 is 2.58 bits per heavy atom. The summed E-state index contributed by atoms with van der Waals surface area (Å²) in [5.74, 6) is -1.36. The summed E-state index contributed by atoms with van der Waals surface area (Å²) in [6.45, 7) is 2.06. The van der Waals surface area contributed by atoms with Crippen molar-refractivity contribution in [1.82, 2.24) is 0 Å². The van der Waals surface area contributed by atoms with Crippen LogP contribution >= 0.6 is 0 Å². The van der Waals surface area contributed by atoms with Crippen LogP contribution in [0.1, 0.15) is 44.7 Å². The van der Waals surface area contributed by atoms with E-state index in [0.29, 0.717) is 16.9 Å². The van der Waals surface area contributed by atoms with Gasteiger partial charge in [0.15, 0.2) is 0 Å². The van der Waals surface area contributed by atoms with Gasteiger partial charge in [-0.2, -0.15) is 0 Å². The van der Waals surface area contributed by atoms with E-state index in [2.05, 4.69) is 21.3 Å². The third-order valence-electron chi connectivity index (χ3n) is 7.08.